The van der Waals surface area contributed by atoms with Crippen molar-refractivity contribution in [3.63, 3.8) is 0 Å². The van der Waals surface area contributed by atoms with Gasteiger partial charge in [0.1, 0.15) is 5.01 Å². The van der Waals surface area contributed by atoms with Crippen LogP contribution in [0, 0.1) is 0 Å². The summed E-state index contributed by atoms with van der Waals surface area (Å²) < 4.78 is 0. The monoisotopic (exact) mass is 340 g/mol. The fourth-order valence-electron chi connectivity index (χ4n) is 2.01. The Morgan fingerprint density at radius 1 is 1.33 bits per heavy atom. The number of nitrogens with zero attached hydrogens (tertiary/aromatic N) is 1. The van der Waals surface area contributed by atoms with E-state index in [1.807, 2.05) is 29.5 Å². The van der Waals surface area contributed by atoms with Crippen molar-refractivity contribution in [1.29, 1.82) is 0 Å². The van der Waals surface area contributed by atoms with Crippen molar-refractivity contribution in [3.05, 3.63) is 44.9 Å². The molecule has 0 spiro atoms. The second kappa shape index (κ2) is 8.79. The van der Waals surface area contributed by atoms with Crippen molar-refractivity contribution in [1.82, 2.24) is 10.3 Å². The van der Waals surface area contributed by atoms with Gasteiger partial charge in [-0.1, -0.05) is 37.9 Å². The maximum Gasteiger partial charge on any atom is 0.103 e. The molecule has 1 aromatic carbocycles. The molecular weight excluding hydrogens is 320 g/mol. The summed E-state index contributed by atoms with van der Waals surface area (Å²) in [6.45, 7) is 6.27. The maximum absolute atomic E-state index is 6.02. The summed E-state index contributed by atoms with van der Waals surface area (Å²) in [7, 11) is 0. The van der Waals surface area contributed by atoms with E-state index in [0.29, 0.717) is 0 Å². The third kappa shape index (κ3) is 5.29. The number of halogens is 1. The first kappa shape index (κ1) is 16.8. The molecule has 1 heterocycles. The van der Waals surface area contributed by atoms with Gasteiger partial charge in [-0.15, -0.1) is 23.1 Å². The molecule has 1 N–H and O–H groups in total. The van der Waals surface area contributed by atoms with Gasteiger partial charge in [0.15, 0.2) is 0 Å². The first-order valence-electron chi connectivity index (χ1n) is 7.29. The molecule has 0 radical (unpaired) electrons. The Hall–Kier alpha value is -0.550. The Morgan fingerprint density at radius 2 is 2.19 bits per heavy atom. The van der Waals surface area contributed by atoms with Crippen LogP contribution in [0.4, 0.5) is 0 Å². The van der Waals surface area contributed by atoms with Crippen molar-refractivity contribution in [3.8, 4) is 0 Å². The van der Waals surface area contributed by atoms with Crippen molar-refractivity contribution in [2.75, 3.05) is 6.54 Å². The lowest BCUT2D eigenvalue weighted by Crippen LogP contribution is -2.11. The smallest absolute Gasteiger partial charge is 0.103 e. The van der Waals surface area contributed by atoms with Gasteiger partial charge in [-0.05, 0) is 31.2 Å². The summed E-state index contributed by atoms with van der Waals surface area (Å²) in [4.78, 5) is 7.40. The molecule has 21 heavy (non-hydrogen) atoms. The van der Waals surface area contributed by atoms with Crippen LogP contribution in [0.3, 0.4) is 0 Å². The molecule has 0 aliphatic carbocycles. The topological polar surface area (TPSA) is 24.9 Å². The zero-order chi connectivity index (χ0) is 15.1. The van der Waals surface area contributed by atoms with Gasteiger partial charge < -0.3 is 5.32 Å². The zero-order valence-corrected chi connectivity index (χ0v) is 14.9. The average Bonchev–Trinajstić information content (AvgIpc) is 2.86. The van der Waals surface area contributed by atoms with Gasteiger partial charge in [0.25, 0.3) is 0 Å². The minimum absolute atomic E-state index is 0.790. The third-order valence-electron chi connectivity index (χ3n) is 3.00. The third-order valence-corrected chi connectivity index (χ3v) is 5.52. The van der Waals surface area contributed by atoms with Gasteiger partial charge in [0.05, 0.1) is 11.4 Å². The number of aryl methyl sites for hydroxylation is 1. The highest BCUT2D eigenvalue weighted by molar-refractivity contribution is 7.98. The molecule has 0 saturated heterocycles. The minimum atomic E-state index is 0.790. The van der Waals surface area contributed by atoms with Gasteiger partial charge in [-0.2, -0.15) is 0 Å². The van der Waals surface area contributed by atoms with E-state index >= 15 is 0 Å². The molecule has 0 bridgehead atoms. The van der Waals surface area contributed by atoms with Gasteiger partial charge in [-0.25, -0.2) is 4.98 Å². The highest BCUT2D eigenvalue weighted by Crippen LogP contribution is 2.28. The van der Waals surface area contributed by atoms with E-state index in [0.717, 1.165) is 36.7 Å². The molecule has 1 aromatic heterocycles. The predicted molar refractivity (Wildman–Crippen MR) is 94.5 cm³/mol. The van der Waals surface area contributed by atoms with E-state index in [2.05, 4.69) is 25.2 Å². The second-order valence-electron chi connectivity index (χ2n) is 4.75. The van der Waals surface area contributed by atoms with E-state index in [1.165, 1.54) is 20.5 Å². The summed E-state index contributed by atoms with van der Waals surface area (Å²) in [5, 5.41) is 5.40. The predicted octanol–water partition coefficient (Wildman–Crippen LogP) is 5.15. The van der Waals surface area contributed by atoms with Crippen LogP contribution < -0.4 is 5.32 Å². The first-order chi connectivity index (χ1) is 10.2. The van der Waals surface area contributed by atoms with E-state index in [1.54, 1.807) is 11.8 Å². The van der Waals surface area contributed by atoms with Crippen LogP contribution in [0.2, 0.25) is 5.02 Å². The van der Waals surface area contributed by atoms with Crippen molar-refractivity contribution < 1.29 is 0 Å². The minimum Gasteiger partial charge on any atom is -0.312 e. The Balaban J connectivity index is 2.02. The highest BCUT2D eigenvalue weighted by atomic mass is 35.5. The molecule has 0 amide bonds. The summed E-state index contributed by atoms with van der Waals surface area (Å²) in [5.74, 6) is 0.911. The van der Waals surface area contributed by atoms with Crippen LogP contribution in [0.5, 0.6) is 0 Å². The molecule has 2 rings (SSSR count). The Labute approximate surface area is 140 Å². The molecule has 0 atom stereocenters. The van der Waals surface area contributed by atoms with Gasteiger partial charge >= 0.3 is 0 Å². The van der Waals surface area contributed by atoms with Gasteiger partial charge in [0.2, 0.25) is 0 Å². The number of benzene rings is 1. The van der Waals surface area contributed by atoms with E-state index in [-0.39, 0.29) is 0 Å². The quantitative estimate of drug-likeness (QED) is 0.672. The van der Waals surface area contributed by atoms with Crippen molar-refractivity contribution in [2.24, 2.45) is 0 Å². The largest absolute Gasteiger partial charge is 0.312 e. The van der Waals surface area contributed by atoms with Crippen molar-refractivity contribution >= 4 is 34.7 Å². The zero-order valence-electron chi connectivity index (χ0n) is 12.5. The summed E-state index contributed by atoms with van der Waals surface area (Å²) in [6, 6.07) is 8.00. The van der Waals surface area contributed by atoms with E-state index < -0.39 is 0 Å². The molecule has 0 aliphatic heterocycles. The van der Waals surface area contributed by atoms with Crippen LogP contribution in [0.15, 0.2) is 29.2 Å². The number of hydrogen-bond acceptors (Lipinski definition) is 4. The SMILES string of the molecule is CCCc1nc(CSc2cccc(Cl)c2)sc1CNCC. The molecular formula is C16H21ClN2S2. The Kier molecular flexibility index (Phi) is 7.04. The second-order valence-corrected chi connectivity index (χ2v) is 7.41. The summed E-state index contributed by atoms with van der Waals surface area (Å²) >= 11 is 9.65. The molecule has 5 heteroatoms. The number of thioether (sulfide) groups is 1. The molecule has 2 aromatic rings. The molecule has 0 unspecified atom stereocenters. The molecule has 0 saturated carbocycles. The number of hydrogen-bond donors (Lipinski definition) is 1. The average molecular weight is 341 g/mol. The normalized spacial score (nSPS) is 11.0. The highest BCUT2D eigenvalue weighted by Gasteiger charge is 2.10. The van der Waals surface area contributed by atoms with Gasteiger partial charge in [-0.3, -0.25) is 0 Å². The lowest BCUT2D eigenvalue weighted by molar-refractivity contribution is 0.723. The number of nitrogens with one attached hydrogen (secondary N) is 1. The van der Waals surface area contributed by atoms with Crippen LogP contribution in [-0.2, 0) is 18.7 Å². The lowest BCUT2D eigenvalue weighted by atomic mass is 10.2. The number of rotatable bonds is 8. The van der Waals surface area contributed by atoms with Crippen LogP contribution in [0.1, 0.15) is 35.8 Å². The Morgan fingerprint density at radius 3 is 2.90 bits per heavy atom. The van der Waals surface area contributed by atoms with Gasteiger partial charge in [0, 0.05) is 21.3 Å². The summed E-state index contributed by atoms with van der Waals surface area (Å²) in [6.07, 6.45) is 2.21. The molecule has 0 aliphatic rings. The fraction of sp³-hybridized carbons (Fsp3) is 0.438. The maximum atomic E-state index is 6.02. The lowest BCUT2D eigenvalue weighted by Gasteiger charge is -2.00. The number of thiazole rings is 1. The Bertz CT molecular complexity index is 569. The van der Waals surface area contributed by atoms with Crippen molar-refractivity contribution in [2.45, 2.75) is 43.9 Å². The first-order valence-corrected chi connectivity index (χ1v) is 9.47. The fourth-order valence-corrected chi connectivity index (χ4v) is 4.30. The van der Waals surface area contributed by atoms with E-state index in [4.69, 9.17) is 16.6 Å². The van der Waals surface area contributed by atoms with Crippen LogP contribution >= 0.6 is 34.7 Å². The summed E-state index contributed by atoms with van der Waals surface area (Å²) in [5.41, 5.74) is 1.27. The molecule has 2 nitrogen and oxygen atoms in total. The standard InChI is InChI=1S/C16H21ClN2S2/c1-3-6-14-15(10-18-4-2)21-16(19-14)11-20-13-8-5-7-12(17)9-13/h5,7-9,18H,3-4,6,10-11H2,1-2H3. The molecule has 114 valence electrons. The van der Waals surface area contributed by atoms with E-state index in [9.17, 15) is 0 Å². The van der Waals surface area contributed by atoms with Crippen LogP contribution in [-0.4, -0.2) is 11.5 Å². The van der Waals surface area contributed by atoms with Crippen LogP contribution in [0.25, 0.3) is 0 Å². The molecule has 0 fully saturated rings. The number of aromatic nitrogens is 1.